The Labute approximate surface area is 446 Å². The third kappa shape index (κ3) is 34.3. The SMILES string of the molecule is C.C.COC(=O)c1ccccc1O.COC(=O)c1ccccc1OCC(F)F.Cc1ccc(S(=O)(=O)Cl)cc1.Cc1ccc(S(=O)(=O)OCC(F)F)cc1.O=C(O)c1ccccc1OCC(F)F.OCC(F)F.[Li+].[OH-]. The van der Waals surface area contributed by atoms with Gasteiger partial charge in [-0.3, -0.25) is 4.18 Å². The molecule has 75 heavy (non-hydrogen) atoms. The molecule has 0 fully saturated rings. The van der Waals surface area contributed by atoms with Crippen molar-refractivity contribution in [2.24, 2.45) is 0 Å². The van der Waals surface area contributed by atoms with Crippen molar-refractivity contribution in [2.45, 2.75) is 64.2 Å². The molecule has 16 nitrogen and oxygen atoms in total. The van der Waals surface area contributed by atoms with Crippen LogP contribution in [-0.4, -0.2) is 122 Å². The van der Waals surface area contributed by atoms with Crippen molar-refractivity contribution >= 4 is 47.8 Å². The summed E-state index contributed by atoms with van der Waals surface area (Å²) in [6, 6.07) is 30.1. The number of hydrogen-bond donors (Lipinski definition) is 3. The van der Waals surface area contributed by atoms with Crippen LogP contribution in [0.2, 0.25) is 0 Å². The minimum absolute atomic E-state index is 0. The van der Waals surface area contributed by atoms with Crippen LogP contribution in [0.15, 0.2) is 131 Å². The largest absolute Gasteiger partial charge is 1.00 e. The molecule has 0 amide bonds. The normalized spacial score (nSPS) is 10.0. The molecule has 0 spiro atoms. The molecule has 0 aliphatic rings. The van der Waals surface area contributed by atoms with E-state index in [1.165, 1.54) is 87.0 Å². The van der Waals surface area contributed by atoms with Crippen LogP contribution in [0.5, 0.6) is 17.2 Å². The number of esters is 2. The fraction of sp³-hybridized carbons (Fsp3) is 0.298. The summed E-state index contributed by atoms with van der Waals surface area (Å²) < 4.78 is 158. The molecule has 0 heterocycles. The molecule has 5 aromatic rings. The Morgan fingerprint density at radius 1 is 0.547 bits per heavy atom. The zero-order valence-corrected chi connectivity index (χ0v) is 41.5. The van der Waals surface area contributed by atoms with Crippen molar-refractivity contribution < 1.29 is 129 Å². The molecule has 4 N–H and O–H groups in total. The number of rotatable bonds is 15. The summed E-state index contributed by atoms with van der Waals surface area (Å²) in [4.78, 5) is 32.7. The van der Waals surface area contributed by atoms with E-state index in [4.69, 9.17) is 30.7 Å². The van der Waals surface area contributed by atoms with Gasteiger partial charge in [0.1, 0.15) is 60.4 Å². The fourth-order valence-electron chi connectivity index (χ4n) is 4.32. The number of carboxylic acids is 1. The molecule has 28 heteroatoms. The van der Waals surface area contributed by atoms with E-state index in [0.29, 0.717) is 0 Å². The van der Waals surface area contributed by atoms with Gasteiger partial charge in [-0.05, 0) is 74.5 Å². The van der Waals surface area contributed by atoms with Gasteiger partial charge >= 0.3 is 36.8 Å². The van der Waals surface area contributed by atoms with Crippen molar-refractivity contribution in [2.75, 3.05) is 40.6 Å². The second kappa shape index (κ2) is 41.3. The summed E-state index contributed by atoms with van der Waals surface area (Å²) in [5, 5.41) is 25.2. The predicted molar refractivity (Wildman–Crippen MR) is 257 cm³/mol. The van der Waals surface area contributed by atoms with Crippen LogP contribution in [0.3, 0.4) is 0 Å². The maximum absolute atomic E-state index is 11.9. The number of phenolic OH excluding ortho intramolecular Hbond substituents is 1. The number of aromatic carboxylic acids is 1. The van der Waals surface area contributed by atoms with E-state index in [2.05, 4.69) is 18.4 Å². The van der Waals surface area contributed by atoms with Gasteiger partial charge in [0.25, 0.3) is 44.9 Å². The van der Waals surface area contributed by atoms with Gasteiger partial charge in [-0.1, -0.05) is 86.6 Å². The second-order valence-electron chi connectivity index (χ2n) is 13.0. The summed E-state index contributed by atoms with van der Waals surface area (Å²) in [7, 11) is -0.0293. The molecule has 0 atom stereocenters. The molecular formula is C47H56ClF8LiO16S2. The number of carboxylic acid groups (broad SMARTS) is 1. The van der Waals surface area contributed by atoms with Gasteiger partial charge < -0.3 is 39.7 Å². The molecule has 0 radical (unpaired) electrons. The molecule has 0 bridgehead atoms. The first-order chi connectivity index (χ1) is 33.2. The van der Waals surface area contributed by atoms with Crippen molar-refractivity contribution in [3.8, 4) is 17.2 Å². The standard InChI is InChI=1S/C10H10F2O3.C9H10F2O3S.C9H8F2O3.C8H8O3.C7H7ClO2S.C2H4F2O.2CH4.Li.H2O/c1-14-10(13)7-4-2-3-5-8(7)15-6-9(11)12;1-7-2-4-8(5-3-7)15(12,13)14-6-9(10)11;10-8(11)5-14-7-4-2-1-3-6(7)9(12)13;1-11-8(10)6-4-2-3-5-7(6)9;1-6-2-4-7(5-3-6)11(8,9)10;3-2(4)1-5;;;;/h2*2-5,9H,6H2,1H3;1-4,8H,5H2,(H,12,13);2-5,9H,1H3;2-5H,1H3;2,5H,1H2;2*1H4;;1H2/q;;;;;;;;+1;/p-1. The second-order valence-corrected chi connectivity index (χ2v) is 17.2. The van der Waals surface area contributed by atoms with Crippen molar-refractivity contribution in [1.82, 2.24) is 0 Å². The summed E-state index contributed by atoms with van der Waals surface area (Å²) in [6.45, 7) is -0.0183. The van der Waals surface area contributed by atoms with E-state index in [1.54, 1.807) is 55.5 Å². The van der Waals surface area contributed by atoms with Gasteiger partial charge in [0, 0.05) is 10.7 Å². The molecule has 5 aromatic carbocycles. The van der Waals surface area contributed by atoms with E-state index in [1.807, 2.05) is 6.92 Å². The van der Waals surface area contributed by atoms with Crippen LogP contribution in [0.1, 0.15) is 57.1 Å². The number of benzene rings is 5. The van der Waals surface area contributed by atoms with E-state index in [-0.39, 0.29) is 82.9 Å². The number of alkyl halides is 8. The topological polar surface area (TPSA) is 256 Å². The summed E-state index contributed by atoms with van der Waals surface area (Å²) in [5.74, 6) is -2.33. The number of para-hydroxylation sites is 3. The van der Waals surface area contributed by atoms with Gasteiger partial charge in [0.2, 0.25) is 0 Å². The average molecular weight is 1140 g/mol. The van der Waals surface area contributed by atoms with Crippen molar-refractivity contribution in [1.29, 1.82) is 0 Å². The smallest absolute Gasteiger partial charge is 0.870 e. The fourth-order valence-corrected chi connectivity index (χ4v) is 5.97. The predicted octanol–water partition coefficient (Wildman–Crippen LogP) is 7.56. The third-order valence-electron chi connectivity index (χ3n) is 7.55. The molecule has 0 aromatic heterocycles. The number of phenols is 1. The first-order valence-corrected chi connectivity index (χ1v) is 23.2. The van der Waals surface area contributed by atoms with E-state index in [9.17, 15) is 66.3 Å². The number of carbonyl (C=O) groups is 3. The summed E-state index contributed by atoms with van der Waals surface area (Å²) in [6.07, 6.45) is -10.5. The molecule has 0 aliphatic carbocycles. The minimum Gasteiger partial charge on any atom is -0.870 e. The number of halogens is 9. The molecule has 416 valence electrons. The van der Waals surface area contributed by atoms with Gasteiger partial charge in [0.15, 0.2) is 0 Å². The van der Waals surface area contributed by atoms with Crippen LogP contribution in [0.4, 0.5) is 35.1 Å². The Hall–Kier alpha value is -5.98. The number of aliphatic hydroxyl groups excluding tert-OH is 1. The number of aromatic hydroxyl groups is 1. The Morgan fingerprint density at radius 3 is 1.23 bits per heavy atom. The first kappa shape index (κ1) is 77.9. The molecule has 0 saturated heterocycles. The molecular weight excluding hydrogens is 1080 g/mol. The zero-order chi connectivity index (χ0) is 54.3. The van der Waals surface area contributed by atoms with E-state index >= 15 is 0 Å². The van der Waals surface area contributed by atoms with Gasteiger partial charge in [-0.2, -0.15) is 8.42 Å². The summed E-state index contributed by atoms with van der Waals surface area (Å²) in [5.41, 5.74) is 2.10. The van der Waals surface area contributed by atoms with E-state index in [0.717, 1.165) is 11.1 Å². The number of aryl methyl sites for hydroxylation is 2. The van der Waals surface area contributed by atoms with E-state index < -0.39 is 89.2 Å². The van der Waals surface area contributed by atoms with Crippen LogP contribution >= 0.6 is 10.7 Å². The number of ether oxygens (including phenoxy) is 4. The molecule has 0 saturated carbocycles. The maximum Gasteiger partial charge on any atom is 1.00 e. The monoisotopic (exact) mass is 1130 g/mol. The van der Waals surface area contributed by atoms with Crippen LogP contribution in [0, 0.1) is 13.8 Å². The molecule has 0 aliphatic heterocycles. The van der Waals surface area contributed by atoms with Gasteiger partial charge in [-0.15, -0.1) is 0 Å². The average Bonchev–Trinajstić information content (AvgIpc) is 3.33. The number of hydrogen-bond acceptors (Lipinski definition) is 15. The number of aliphatic hydroxyl groups is 1. The van der Waals surface area contributed by atoms with Crippen LogP contribution in [-0.2, 0) is 32.8 Å². The summed E-state index contributed by atoms with van der Waals surface area (Å²) >= 11 is 0. The van der Waals surface area contributed by atoms with Crippen LogP contribution < -0.4 is 28.3 Å². The first-order valence-electron chi connectivity index (χ1n) is 19.5. The van der Waals surface area contributed by atoms with Crippen molar-refractivity contribution in [3.05, 3.63) is 149 Å². The number of carbonyl (C=O) groups excluding carboxylic acids is 2. The minimum atomic E-state index is -4.05. The third-order valence-corrected chi connectivity index (χ3v) is 10.2. The quantitative estimate of drug-likeness (QED) is 0.0300. The Bertz CT molecular complexity index is 2590. The maximum atomic E-state index is 11.9. The zero-order valence-electron chi connectivity index (χ0n) is 39.1. The van der Waals surface area contributed by atoms with Gasteiger partial charge in [-0.25, -0.2) is 57.9 Å². The molecule has 0 unspecified atom stereocenters. The van der Waals surface area contributed by atoms with Crippen LogP contribution in [0.25, 0.3) is 0 Å². The Morgan fingerprint density at radius 2 is 0.880 bits per heavy atom. The molecule has 5 rings (SSSR count). The Kier molecular flexibility index (Phi) is 42.9. The van der Waals surface area contributed by atoms with Gasteiger partial charge in [0.05, 0.1) is 24.0 Å². The van der Waals surface area contributed by atoms with Crippen molar-refractivity contribution in [3.63, 3.8) is 0 Å². The number of methoxy groups -OCH3 is 2. The Balaban J connectivity index is -0.000000264.